The monoisotopic (exact) mass is 236 g/mol. The first-order chi connectivity index (χ1) is 6.80. The van der Waals surface area contributed by atoms with Crippen LogP contribution in [-0.4, -0.2) is 21.6 Å². The molecule has 0 atom stereocenters. The molecule has 0 bridgehead atoms. The van der Waals surface area contributed by atoms with Gasteiger partial charge in [0, 0.05) is 0 Å². The van der Waals surface area contributed by atoms with E-state index < -0.39 is 22.9 Å². The van der Waals surface area contributed by atoms with Gasteiger partial charge in [-0.25, -0.2) is 8.78 Å². The molecule has 0 saturated heterocycles. The van der Waals surface area contributed by atoms with Crippen molar-refractivity contribution in [1.29, 1.82) is 0 Å². The second kappa shape index (κ2) is 4.15. The first-order valence-corrected chi connectivity index (χ1v) is 4.84. The second-order valence-corrected chi connectivity index (χ2v) is 4.43. The Balaban J connectivity index is 2.70. The van der Waals surface area contributed by atoms with Crippen LogP contribution in [0.5, 0.6) is 0 Å². The number of nitrogens with zero attached hydrogens (tertiary/aromatic N) is 2. The second-order valence-electron chi connectivity index (χ2n) is 3.42. The zero-order valence-corrected chi connectivity index (χ0v) is 8.94. The summed E-state index contributed by atoms with van der Waals surface area (Å²) in [7, 11) is 0. The molecule has 0 aliphatic rings. The summed E-state index contributed by atoms with van der Waals surface area (Å²) in [6, 6.07) is 0. The van der Waals surface area contributed by atoms with Crippen molar-refractivity contribution in [3.63, 3.8) is 0 Å². The quantitative estimate of drug-likeness (QED) is 0.825. The molecular weight excluding hydrogens is 226 g/mol. The lowest BCUT2D eigenvalue weighted by Gasteiger charge is -2.15. The molecule has 0 aliphatic carbocycles. The third kappa shape index (κ3) is 3.17. The molecule has 5 nitrogen and oxygen atoms in total. The van der Waals surface area contributed by atoms with E-state index in [1.165, 1.54) is 13.8 Å². The van der Waals surface area contributed by atoms with Gasteiger partial charge in [0.25, 0.3) is 6.43 Å². The molecule has 1 aromatic heterocycles. The molecule has 0 unspecified atom stereocenters. The van der Waals surface area contributed by atoms with Gasteiger partial charge in [0.1, 0.15) is 0 Å². The molecule has 0 saturated carbocycles. The Morgan fingerprint density at radius 2 is 2.13 bits per heavy atom. The number of amides is 1. The van der Waals surface area contributed by atoms with Crippen molar-refractivity contribution < 1.29 is 13.6 Å². The smallest absolute Gasteiger partial charge is 0.291 e. The number of hydrogen-bond acceptors (Lipinski definition) is 5. The third-order valence-electron chi connectivity index (χ3n) is 1.43. The number of nitrogens with two attached hydrogens (primary N) is 1. The highest BCUT2D eigenvalue weighted by atomic mass is 32.1. The molecule has 15 heavy (non-hydrogen) atoms. The fourth-order valence-corrected chi connectivity index (χ4v) is 1.23. The van der Waals surface area contributed by atoms with E-state index in [9.17, 15) is 13.6 Å². The Morgan fingerprint density at radius 1 is 1.53 bits per heavy atom. The van der Waals surface area contributed by atoms with Gasteiger partial charge >= 0.3 is 0 Å². The zero-order valence-electron chi connectivity index (χ0n) is 8.12. The molecule has 0 aromatic carbocycles. The topological polar surface area (TPSA) is 80.9 Å². The van der Waals surface area contributed by atoms with E-state index in [1.54, 1.807) is 0 Å². The molecule has 1 aromatic rings. The van der Waals surface area contributed by atoms with E-state index in [-0.39, 0.29) is 5.13 Å². The number of nitrogens with one attached hydrogen (secondary N) is 1. The van der Waals surface area contributed by atoms with E-state index in [2.05, 4.69) is 15.5 Å². The standard InChI is InChI=1S/C7H10F2N4OS/c1-7(2,10)5(14)11-6-13-12-4(15-6)3(8)9/h3H,10H2,1-2H3,(H,11,13,14). The van der Waals surface area contributed by atoms with Crippen molar-refractivity contribution in [2.75, 3.05) is 5.32 Å². The summed E-state index contributed by atoms with van der Waals surface area (Å²) >= 11 is 0.626. The zero-order chi connectivity index (χ0) is 11.6. The number of carbonyl (C=O) groups is 1. The SMILES string of the molecule is CC(C)(N)C(=O)Nc1nnc(C(F)F)s1. The first-order valence-electron chi connectivity index (χ1n) is 4.02. The van der Waals surface area contributed by atoms with Gasteiger partial charge in [-0.05, 0) is 13.8 Å². The number of anilines is 1. The van der Waals surface area contributed by atoms with E-state index in [1.807, 2.05) is 0 Å². The molecule has 8 heteroatoms. The molecule has 1 amide bonds. The maximum atomic E-state index is 12.1. The molecule has 0 fully saturated rings. The lowest BCUT2D eigenvalue weighted by Crippen LogP contribution is -2.45. The Bertz CT molecular complexity index is 360. The van der Waals surface area contributed by atoms with Crippen molar-refractivity contribution in [3.8, 4) is 0 Å². The minimum absolute atomic E-state index is 0.0221. The van der Waals surface area contributed by atoms with Gasteiger partial charge in [0.05, 0.1) is 5.54 Å². The van der Waals surface area contributed by atoms with Crippen LogP contribution in [-0.2, 0) is 4.79 Å². The van der Waals surface area contributed by atoms with Crippen LogP contribution in [0.4, 0.5) is 13.9 Å². The minimum Gasteiger partial charge on any atom is -0.318 e. The highest BCUT2D eigenvalue weighted by Crippen LogP contribution is 2.25. The van der Waals surface area contributed by atoms with Crippen LogP contribution >= 0.6 is 11.3 Å². The van der Waals surface area contributed by atoms with Gasteiger partial charge in [0.15, 0.2) is 5.01 Å². The van der Waals surface area contributed by atoms with Gasteiger partial charge in [-0.15, -0.1) is 10.2 Å². The average Bonchev–Trinajstić information content (AvgIpc) is 2.50. The maximum Gasteiger partial charge on any atom is 0.291 e. The summed E-state index contributed by atoms with van der Waals surface area (Å²) in [6.45, 7) is 2.99. The predicted molar refractivity (Wildman–Crippen MR) is 51.8 cm³/mol. The Morgan fingerprint density at radius 3 is 2.53 bits per heavy atom. The van der Waals surface area contributed by atoms with Crippen LogP contribution in [0.15, 0.2) is 0 Å². The average molecular weight is 236 g/mol. The van der Waals surface area contributed by atoms with Crippen LogP contribution in [0, 0.1) is 0 Å². The normalized spacial score (nSPS) is 11.9. The van der Waals surface area contributed by atoms with Crippen LogP contribution in [0.3, 0.4) is 0 Å². The fourth-order valence-electron chi connectivity index (χ4n) is 0.631. The van der Waals surface area contributed by atoms with Crippen LogP contribution in [0.2, 0.25) is 0 Å². The Hall–Kier alpha value is -1.15. The minimum atomic E-state index is -2.68. The van der Waals surface area contributed by atoms with Crippen LogP contribution < -0.4 is 11.1 Å². The highest BCUT2D eigenvalue weighted by Gasteiger charge is 2.23. The summed E-state index contributed by atoms with van der Waals surface area (Å²) in [4.78, 5) is 11.3. The summed E-state index contributed by atoms with van der Waals surface area (Å²) in [5.74, 6) is -0.500. The summed E-state index contributed by atoms with van der Waals surface area (Å²) in [5, 5.41) is 8.50. The number of aromatic nitrogens is 2. The van der Waals surface area contributed by atoms with Gasteiger partial charge in [-0.3, -0.25) is 10.1 Å². The van der Waals surface area contributed by atoms with Gasteiger partial charge in [-0.1, -0.05) is 11.3 Å². The maximum absolute atomic E-state index is 12.1. The van der Waals surface area contributed by atoms with Crippen molar-refractivity contribution in [3.05, 3.63) is 5.01 Å². The third-order valence-corrected chi connectivity index (χ3v) is 2.28. The van der Waals surface area contributed by atoms with Crippen molar-refractivity contribution in [2.45, 2.75) is 25.8 Å². The van der Waals surface area contributed by atoms with E-state index in [0.29, 0.717) is 11.3 Å². The first kappa shape index (κ1) is 11.9. The van der Waals surface area contributed by atoms with E-state index >= 15 is 0 Å². The van der Waals surface area contributed by atoms with Gasteiger partial charge in [-0.2, -0.15) is 0 Å². The molecule has 1 heterocycles. The number of carbonyl (C=O) groups excluding carboxylic acids is 1. The Labute approximate surface area is 88.7 Å². The lowest BCUT2D eigenvalue weighted by molar-refractivity contribution is -0.120. The van der Waals surface area contributed by atoms with Crippen LogP contribution in [0.25, 0.3) is 0 Å². The number of rotatable bonds is 3. The molecular formula is C7H10F2N4OS. The molecule has 0 radical (unpaired) electrons. The van der Waals surface area contributed by atoms with Crippen LogP contribution in [0.1, 0.15) is 25.3 Å². The fraction of sp³-hybridized carbons (Fsp3) is 0.571. The summed E-state index contributed by atoms with van der Waals surface area (Å²) in [6.07, 6.45) is -2.68. The van der Waals surface area contributed by atoms with E-state index in [0.717, 1.165) is 0 Å². The number of hydrogen-bond donors (Lipinski definition) is 2. The molecule has 0 spiro atoms. The van der Waals surface area contributed by atoms with Gasteiger partial charge < -0.3 is 5.73 Å². The molecule has 1 rings (SSSR count). The van der Waals surface area contributed by atoms with E-state index in [4.69, 9.17) is 5.73 Å². The van der Waals surface area contributed by atoms with Crippen molar-refractivity contribution in [2.24, 2.45) is 5.73 Å². The molecule has 0 aliphatic heterocycles. The lowest BCUT2D eigenvalue weighted by atomic mass is 10.1. The summed E-state index contributed by atoms with van der Waals surface area (Å²) in [5.41, 5.74) is 4.40. The number of halogens is 2. The van der Waals surface area contributed by atoms with Crippen molar-refractivity contribution in [1.82, 2.24) is 10.2 Å². The largest absolute Gasteiger partial charge is 0.318 e. The molecule has 3 N–H and O–H groups in total. The van der Waals surface area contributed by atoms with Gasteiger partial charge in [0.2, 0.25) is 11.0 Å². The number of alkyl halides is 2. The Kier molecular flexibility index (Phi) is 3.30. The highest BCUT2D eigenvalue weighted by molar-refractivity contribution is 7.15. The predicted octanol–water partition coefficient (Wildman–Crippen LogP) is 1.15. The van der Waals surface area contributed by atoms with Crippen molar-refractivity contribution >= 4 is 22.4 Å². The molecule has 84 valence electrons. The summed E-state index contributed by atoms with van der Waals surface area (Å²) < 4.78 is 24.2.